The van der Waals surface area contributed by atoms with Crippen LogP contribution in [-0.4, -0.2) is 62.6 Å². The molecule has 0 aromatic heterocycles. The minimum atomic E-state index is -0.952. The van der Waals surface area contributed by atoms with Gasteiger partial charge in [0.2, 0.25) is 17.7 Å². The second-order valence-corrected chi connectivity index (χ2v) is 9.15. The maximum absolute atomic E-state index is 13.2. The van der Waals surface area contributed by atoms with Gasteiger partial charge in [-0.05, 0) is 29.9 Å². The van der Waals surface area contributed by atoms with E-state index in [4.69, 9.17) is 20.9 Å². The lowest BCUT2D eigenvalue weighted by molar-refractivity contribution is -0.128. The lowest BCUT2D eigenvalue weighted by atomic mass is 10.1. The third kappa shape index (κ3) is 10.3. The summed E-state index contributed by atoms with van der Waals surface area (Å²) in [7, 11) is 1.54. The van der Waals surface area contributed by atoms with Crippen molar-refractivity contribution in [1.82, 2.24) is 16.0 Å². The number of rotatable bonds is 14. The van der Waals surface area contributed by atoms with Gasteiger partial charge >= 0.3 is 6.09 Å². The van der Waals surface area contributed by atoms with E-state index >= 15 is 0 Å². The molecule has 3 aromatic rings. The number of carbonyl (C=O) groups is 4. The van der Waals surface area contributed by atoms with Crippen LogP contribution in [0.3, 0.4) is 0 Å². The maximum Gasteiger partial charge on any atom is 0.407 e. The molecule has 3 aromatic carbocycles. The maximum atomic E-state index is 13.2. The molecule has 0 heterocycles. The van der Waals surface area contributed by atoms with Gasteiger partial charge in [0.1, 0.15) is 24.9 Å². The zero-order valence-electron chi connectivity index (χ0n) is 23.2. The number of nitrogens with one attached hydrogen (secondary N) is 4. The van der Waals surface area contributed by atoms with Crippen molar-refractivity contribution >= 4 is 46.2 Å². The number of hydrogen-bond donors (Lipinski definition) is 6. The summed E-state index contributed by atoms with van der Waals surface area (Å²) in [5.41, 5.74) is 12.0. The number of ether oxygens (including phenoxy) is 2. The van der Waals surface area contributed by atoms with Crippen LogP contribution in [0.1, 0.15) is 18.4 Å². The van der Waals surface area contributed by atoms with Crippen molar-refractivity contribution in [3.8, 4) is 5.75 Å². The number of anilines is 1. The molecule has 8 N–H and O–H groups in total. The van der Waals surface area contributed by atoms with Crippen LogP contribution in [0.4, 0.5) is 10.5 Å². The molecule has 13 nitrogen and oxygen atoms in total. The van der Waals surface area contributed by atoms with Crippen LogP contribution >= 0.6 is 0 Å². The van der Waals surface area contributed by atoms with E-state index < -0.39 is 42.9 Å². The predicted octanol–water partition coefficient (Wildman–Crippen LogP) is 1.37. The van der Waals surface area contributed by atoms with Crippen molar-refractivity contribution in [2.45, 2.75) is 25.5 Å². The molecular weight excluding hydrogens is 542 g/mol. The van der Waals surface area contributed by atoms with Gasteiger partial charge in [0.25, 0.3) is 0 Å². The molecule has 0 aliphatic carbocycles. The Balaban J connectivity index is 1.53. The lowest BCUT2D eigenvalue weighted by Crippen LogP contribution is -2.48. The van der Waals surface area contributed by atoms with Gasteiger partial charge in [0.05, 0.1) is 13.7 Å². The molecule has 222 valence electrons. The zero-order chi connectivity index (χ0) is 30.3. The number of methoxy groups -OCH3 is 1. The fraction of sp³-hybridized carbons (Fsp3) is 0.276. The first-order valence-corrected chi connectivity index (χ1v) is 13.2. The molecule has 0 bridgehead atoms. The summed E-state index contributed by atoms with van der Waals surface area (Å²) >= 11 is 0. The number of guanidine groups is 1. The first kappa shape index (κ1) is 31.2. The summed E-state index contributed by atoms with van der Waals surface area (Å²) < 4.78 is 10.5. The molecule has 0 aliphatic heterocycles. The van der Waals surface area contributed by atoms with Crippen molar-refractivity contribution in [2.75, 3.05) is 32.1 Å². The Hall–Kier alpha value is -5.33. The van der Waals surface area contributed by atoms with E-state index in [0.717, 1.165) is 16.3 Å². The SMILES string of the molecule is COc1cc(NC(=O)[C@@H](CCCN=C(N)N)NC(=O)CNC(=O)CNC(=O)OCc2ccccc2)cc2ccccc12. The van der Waals surface area contributed by atoms with Crippen LogP contribution in [0.2, 0.25) is 0 Å². The van der Waals surface area contributed by atoms with Crippen LogP contribution < -0.4 is 37.5 Å². The first-order chi connectivity index (χ1) is 20.2. The number of carbonyl (C=O) groups excluding carboxylic acids is 4. The second-order valence-electron chi connectivity index (χ2n) is 9.15. The van der Waals surface area contributed by atoms with Gasteiger partial charge in [-0.3, -0.25) is 19.4 Å². The number of benzene rings is 3. The summed E-state index contributed by atoms with van der Waals surface area (Å²) in [6.07, 6.45) is -0.151. The zero-order valence-corrected chi connectivity index (χ0v) is 23.2. The predicted molar refractivity (Wildman–Crippen MR) is 159 cm³/mol. The molecule has 0 saturated carbocycles. The van der Waals surface area contributed by atoms with Crippen molar-refractivity contribution in [3.05, 3.63) is 72.3 Å². The molecule has 13 heteroatoms. The highest BCUT2D eigenvalue weighted by atomic mass is 16.5. The molecule has 42 heavy (non-hydrogen) atoms. The summed E-state index contributed by atoms with van der Waals surface area (Å²) in [6.45, 7) is -0.502. The number of hydrogen-bond acceptors (Lipinski definition) is 7. The van der Waals surface area contributed by atoms with Gasteiger partial charge in [0.15, 0.2) is 5.96 Å². The van der Waals surface area contributed by atoms with Crippen LogP contribution in [0.25, 0.3) is 10.8 Å². The third-order valence-electron chi connectivity index (χ3n) is 5.96. The quantitative estimate of drug-likeness (QED) is 0.0937. The van der Waals surface area contributed by atoms with Crippen molar-refractivity contribution in [3.63, 3.8) is 0 Å². The molecule has 0 spiro atoms. The molecule has 3 rings (SSSR count). The smallest absolute Gasteiger partial charge is 0.407 e. The van der Waals surface area contributed by atoms with Crippen molar-refractivity contribution < 1.29 is 28.7 Å². The number of fused-ring (bicyclic) bond motifs is 1. The molecule has 0 radical (unpaired) electrons. The van der Waals surface area contributed by atoms with Gasteiger partial charge in [-0.2, -0.15) is 0 Å². The van der Waals surface area contributed by atoms with E-state index in [-0.39, 0.29) is 25.5 Å². The molecule has 1 atom stereocenters. The molecule has 0 saturated heterocycles. The number of alkyl carbamates (subject to hydrolysis) is 1. The summed E-state index contributed by atoms with van der Waals surface area (Å²) in [5.74, 6) is -1.19. The fourth-order valence-corrected chi connectivity index (χ4v) is 3.93. The number of nitrogens with zero attached hydrogens (tertiary/aromatic N) is 1. The van der Waals surface area contributed by atoms with Gasteiger partial charge in [-0.25, -0.2) is 4.79 Å². The summed E-state index contributed by atoms with van der Waals surface area (Å²) in [5, 5.41) is 11.9. The van der Waals surface area contributed by atoms with Crippen LogP contribution in [-0.2, 0) is 25.7 Å². The molecule has 4 amide bonds. The van der Waals surface area contributed by atoms with Gasteiger partial charge in [-0.15, -0.1) is 0 Å². The third-order valence-corrected chi connectivity index (χ3v) is 5.96. The Labute approximate surface area is 243 Å². The van der Waals surface area contributed by atoms with Gasteiger partial charge < -0.3 is 42.2 Å². The molecule has 0 fully saturated rings. The van der Waals surface area contributed by atoms with Gasteiger partial charge in [-0.1, -0.05) is 54.6 Å². The Morgan fingerprint density at radius 3 is 2.36 bits per heavy atom. The summed E-state index contributed by atoms with van der Waals surface area (Å²) in [6, 6.07) is 19.2. The first-order valence-electron chi connectivity index (χ1n) is 13.2. The monoisotopic (exact) mass is 577 g/mol. The molecular formula is C29H35N7O6. The van der Waals surface area contributed by atoms with E-state index in [1.54, 1.807) is 24.3 Å². The van der Waals surface area contributed by atoms with E-state index in [1.807, 2.05) is 42.5 Å². The minimum absolute atomic E-state index is 0.0509. The average molecular weight is 578 g/mol. The van der Waals surface area contributed by atoms with E-state index in [9.17, 15) is 19.2 Å². The summed E-state index contributed by atoms with van der Waals surface area (Å²) in [4.78, 5) is 53.7. The van der Waals surface area contributed by atoms with Crippen molar-refractivity contribution in [2.24, 2.45) is 16.5 Å². The topological polar surface area (TPSA) is 199 Å². The molecule has 0 unspecified atom stereocenters. The average Bonchev–Trinajstić information content (AvgIpc) is 2.99. The van der Waals surface area contributed by atoms with Crippen LogP contribution in [0.5, 0.6) is 5.75 Å². The second kappa shape index (κ2) is 16.1. The van der Waals surface area contributed by atoms with E-state index in [2.05, 4.69) is 26.3 Å². The van der Waals surface area contributed by atoms with Crippen LogP contribution in [0, 0.1) is 0 Å². The largest absolute Gasteiger partial charge is 0.496 e. The van der Waals surface area contributed by atoms with E-state index in [0.29, 0.717) is 17.9 Å². The number of amides is 4. The number of nitrogens with two attached hydrogens (primary N) is 2. The Morgan fingerprint density at radius 2 is 1.62 bits per heavy atom. The normalized spacial score (nSPS) is 11.1. The minimum Gasteiger partial charge on any atom is -0.496 e. The van der Waals surface area contributed by atoms with Crippen molar-refractivity contribution in [1.29, 1.82) is 0 Å². The fourth-order valence-electron chi connectivity index (χ4n) is 3.93. The highest BCUT2D eigenvalue weighted by Gasteiger charge is 2.21. The lowest BCUT2D eigenvalue weighted by Gasteiger charge is -2.19. The Morgan fingerprint density at radius 1 is 0.905 bits per heavy atom. The Kier molecular flexibility index (Phi) is 11.9. The van der Waals surface area contributed by atoms with E-state index in [1.165, 1.54) is 7.11 Å². The van der Waals surface area contributed by atoms with Crippen LogP contribution in [0.15, 0.2) is 71.7 Å². The molecule has 0 aliphatic rings. The highest BCUT2D eigenvalue weighted by Crippen LogP contribution is 2.29. The standard InChI is InChI=1S/C29H35N7O6/c1-41-24-15-21(14-20-10-5-6-11-22(20)24)35-27(39)23(12-7-13-32-28(30)31)36-26(38)17-33-25(37)16-34-29(40)42-18-19-8-3-2-4-9-19/h2-6,8-11,14-15,23H,7,12-13,16-18H2,1H3,(H,33,37)(H,34,40)(H,35,39)(H,36,38)(H4,30,31,32)/t23-/m1/s1. The highest BCUT2D eigenvalue weighted by molar-refractivity contribution is 6.00. The number of aliphatic imine (C=N–C) groups is 1. The Bertz CT molecular complexity index is 1410. The van der Waals surface area contributed by atoms with Gasteiger partial charge in [0, 0.05) is 23.7 Å².